The van der Waals surface area contributed by atoms with Crippen LogP contribution in [-0.2, 0) is 0 Å². The van der Waals surface area contributed by atoms with Crippen LogP contribution in [0.15, 0.2) is 27.5 Å². The summed E-state index contributed by atoms with van der Waals surface area (Å²) in [4.78, 5) is 4.54. The molecule has 0 spiro atoms. The van der Waals surface area contributed by atoms with E-state index in [0.717, 1.165) is 17.9 Å². The van der Waals surface area contributed by atoms with Gasteiger partial charge < -0.3 is 14.3 Å². The lowest BCUT2D eigenvalue weighted by molar-refractivity contribution is 0.311. The molecule has 2 aromatic heterocycles. The van der Waals surface area contributed by atoms with Gasteiger partial charge in [0.25, 0.3) is 0 Å². The third-order valence-corrected chi connectivity index (χ3v) is 3.93. The summed E-state index contributed by atoms with van der Waals surface area (Å²) in [7, 11) is 2.01. The zero-order valence-corrected chi connectivity index (χ0v) is 11.1. The first kappa shape index (κ1) is 12.4. The standard InChI is InChI=1S/C14H19N3O2/c1-15-12-6-4-2-3-5-11(12)14-16-13(17-19-14)10-7-8-18-9-10/h7-9,11-12,15H,2-6H2,1H3. The molecule has 0 saturated heterocycles. The average Bonchev–Trinajstić information content (AvgIpc) is 3.05. The second-order valence-corrected chi connectivity index (χ2v) is 5.11. The second-order valence-electron chi connectivity index (χ2n) is 5.11. The minimum Gasteiger partial charge on any atom is -0.472 e. The summed E-state index contributed by atoms with van der Waals surface area (Å²) < 4.78 is 10.5. The van der Waals surface area contributed by atoms with Gasteiger partial charge in [-0.1, -0.05) is 24.4 Å². The van der Waals surface area contributed by atoms with Crippen LogP contribution < -0.4 is 5.32 Å². The molecule has 0 aliphatic heterocycles. The molecule has 5 nitrogen and oxygen atoms in total. The predicted molar refractivity (Wildman–Crippen MR) is 70.7 cm³/mol. The van der Waals surface area contributed by atoms with E-state index in [1.54, 1.807) is 12.5 Å². The highest BCUT2D eigenvalue weighted by molar-refractivity contribution is 5.51. The second kappa shape index (κ2) is 5.57. The first-order chi connectivity index (χ1) is 9.38. The molecule has 1 saturated carbocycles. The number of rotatable bonds is 3. The highest BCUT2D eigenvalue weighted by Gasteiger charge is 2.28. The van der Waals surface area contributed by atoms with Gasteiger partial charge in [-0.15, -0.1) is 0 Å². The maximum Gasteiger partial charge on any atom is 0.231 e. The Morgan fingerprint density at radius 3 is 2.95 bits per heavy atom. The Morgan fingerprint density at radius 1 is 1.26 bits per heavy atom. The molecule has 2 aromatic rings. The van der Waals surface area contributed by atoms with Gasteiger partial charge in [-0.2, -0.15) is 4.98 Å². The fourth-order valence-corrected chi connectivity index (χ4v) is 2.84. The largest absolute Gasteiger partial charge is 0.472 e. The third kappa shape index (κ3) is 2.56. The van der Waals surface area contributed by atoms with Gasteiger partial charge in [0, 0.05) is 6.04 Å². The molecule has 1 fully saturated rings. The minimum absolute atomic E-state index is 0.320. The molecule has 0 amide bonds. The molecule has 0 radical (unpaired) electrons. The predicted octanol–water partition coefficient (Wildman–Crippen LogP) is 2.97. The molecule has 1 aliphatic rings. The number of nitrogens with zero attached hydrogens (tertiary/aromatic N) is 2. The zero-order chi connectivity index (χ0) is 13.1. The molecular weight excluding hydrogens is 242 g/mol. The summed E-state index contributed by atoms with van der Waals surface area (Å²) in [5.74, 6) is 1.68. The molecule has 3 rings (SSSR count). The highest BCUT2D eigenvalue weighted by Crippen LogP contribution is 2.32. The van der Waals surface area contributed by atoms with Crippen molar-refractivity contribution in [2.24, 2.45) is 0 Å². The monoisotopic (exact) mass is 261 g/mol. The van der Waals surface area contributed by atoms with E-state index in [9.17, 15) is 0 Å². The molecule has 0 aromatic carbocycles. The van der Waals surface area contributed by atoms with Crippen LogP contribution in [0.25, 0.3) is 11.4 Å². The molecule has 19 heavy (non-hydrogen) atoms. The Bertz CT molecular complexity index is 507. The molecule has 1 N–H and O–H groups in total. The average molecular weight is 261 g/mol. The highest BCUT2D eigenvalue weighted by atomic mass is 16.5. The van der Waals surface area contributed by atoms with Crippen molar-refractivity contribution in [3.8, 4) is 11.4 Å². The van der Waals surface area contributed by atoms with Crippen molar-refractivity contribution in [2.45, 2.75) is 44.1 Å². The van der Waals surface area contributed by atoms with E-state index in [1.807, 2.05) is 13.1 Å². The van der Waals surface area contributed by atoms with Crippen molar-refractivity contribution in [3.05, 3.63) is 24.5 Å². The van der Waals surface area contributed by atoms with Gasteiger partial charge in [0.15, 0.2) is 0 Å². The topological polar surface area (TPSA) is 64.1 Å². The third-order valence-electron chi connectivity index (χ3n) is 3.93. The Hall–Kier alpha value is -1.62. The smallest absolute Gasteiger partial charge is 0.231 e. The summed E-state index contributed by atoms with van der Waals surface area (Å²) in [6.07, 6.45) is 9.32. The number of nitrogens with one attached hydrogen (secondary N) is 1. The van der Waals surface area contributed by atoms with Gasteiger partial charge in [-0.25, -0.2) is 0 Å². The fraction of sp³-hybridized carbons (Fsp3) is 0.571. The lowest BCUT2D eigenvalue weighted by Crippen LogP contribution is -2.31. The Labute approximate surface area is 112 Å². The Morgan fingerprint density at radius 2 is 2.16 bits per heavy atom. The summed E-state index contributed by atoms with van der Waals surface area (Å²) in [6, 6.07) is 2.28. The number of likely N-dealkylation sites (N-methyl/N-ethyl adjacent to an activating group) is 1. The van der Waals surface area contributed by atoms with Crippen LogP contribution in [0.2, 0.25) is 0 Å². The Kier molecular flexibility index (Phi) is 3.64. The van der Waals surface area contributed by atoms with E-state index in [-0.39, 0.29) is 0 Å². The van der Waals surface area contributed by atoms with Crippen molar-refractivity contribution in [2.75, 3.05) is 7.05 Å². The van der Waals surface area contributed by atoms with Crippen molar-refractivity contribution in [1.82, 2.24) is 15.5 Å². The zero-order valence-electron chi connectivity index (χ0n) is 11.1. The lowest BCUT2D eigenvalue weighted by Gasteiger charge is -2.20. The SMILES string of the molecule is CNC1CCCCCC1c1nc(-c2ccoc2)no1. The Balaban J connectivity index is 1.84. The number of furan rings is 1. The molecular formula is C14H19N3O2. The first-order valence-electron chi connectivity index (χ1n) is 6.92. The van der Waals surface area contributed by atoms with E-state index in [2.05, 4.69) is 15.5 Å². The van der Waals surface area contributed by atoms with Crippen LogP contribution in [-0.4, -0.2) is 23.2 Å². The van der Waals surface area contributed by atoms with Crippen LogP contribution in [0.5, 0.6) is 0 Å². The lowest BCUT2D eigenvalue weighted by atomic mass is 9.95. The van der Waals surface area contributed by atoms with Crippen LogP contribution in [0.3, 0.4) is 0 Å². The van der Waals surface area contributed by atoms with Crippen molar-refractivity contribution < 1.29 is 8.94 Å². The number of hydrogen-bond donors (Lipinski definition) is 1. The summed E-state index contributed by atoms with van der Waals surface area (Å²) in [5, 5.41) is 7.45. The maximum atomic E-state index is 5.47. The van der Waals surface area contributed by atoms with Crippen LogP contribution in [0, 0.1) is 0 Å². The molecule has 0 bridgehead atoms. The van der Waals surface area contributed by atoms with Crippen molar-refractivity contribution in [1.29, 1.82) is 0 Å². The quantitative estimate of drug-likeness (QED) is 0.860. The molecule has 2 heterocycles. The van der Waals surface area contributed by atoms with E-state index < -0.39 is 0 Å². The van der Waals surface area contributed by atoms with Gasteiger partial charge in [-0.3, -0.25) is 0 Å². The van der Waals surface area contributed by atoms with E-state index in [0.29, 0.717) is 17.8 Å². The number of aromatic nitrogens is 2. The normalized spacial score (nSPS) is 24.3. The minimum atomic E-state index is 0.320. The molecule has 102 valence electrons. The molecule has 2 unspecified atom stereocenters. The first-order valence-corrected chi connectivity index (χ1v) is 6.92. The van der Waals surface area contributed by atoms with Gasteiger partial charge >= 0.3 is 0 Å². The fourth-order valence-electron chi connectivity index (χ4n) is 2.84. The molecule has 2 atom stereocenters. The van der Waals surface area contributed by atoms with E-state index in [1.165, 1.54) is 25.7 Å². The van der Waals surface area contributed by atoms with Gasteiger partial charge in [0.2, 0.25) is 11.7 Å². The van der Waals surface area contributed by atoms with E-state index >= 15 is 0 Å². The number of hydrogen-bond acceptors (Lipinski definition) is 5. The van der Waals surface area contributed by atoms with Crippen LogP contribution in [0.4, 0.5) is 0 Å². The van der Waals surface area contributed by atoms with Crippen molar-refractivity contribution >= 4 is 0 Å². The maximum absolute atomic E-state index is 5.47. The van der Waals surface area contributed by atoms with Gasteiger partial charge in [0.05, 0.1) is 17.7 Å². The summed E-state index contributed by atoms with van der Waals surface area (Å²) in [6.45, 7) is 0. The van der Waals surface area contributed by atoms with Crippen LogP contribution >= 0.6 is 0 Å². The van der Waals surface area contributed by atoms with Gasteiger partial charge in [-0.05, 0) is 26.0 Å². The van der Waals surface area contributed by atoms with Crippen molar-refractivity contribution in [3.63, 3.8) is 0 Å². The van der Waals surface area contributed by atoms with E-state index in [4.69, 9.17) is 8.94 Å². The van der Waals surface area contributed by atoms with Gasteiger partial charge in [0.1, 0.15) is 6.26 Å². The molecule has 1 aliphatic carbocycles. The summed E-state index contributed by atoms with van der Waals surface area (Å²) in [5.41, 5.74) is 0.865. The summed E-state index contributed by atoms with van der Waals surface area (Å²) >= 11 is 0. The molecule has 5 heteroatoms. The van der Waals surface area contributed by atoms with Crippen LogP contribution in [0.1, 0.15) is 43.9 Å².